The van der Waals surface area contributed by atoms with Gasteiger partial charge in [0.1, 0.15) is 5.75 Å². The normalized spacial score (nSPS) is 15.9. The van der Waals surface area contributed by atoms with Crippen LogP contribution in [-0.4, -0.2) is 195 Å². The van der Waals surface area contributed by atoms with Crippen LogP contribution in [0.2, 0.25) is 0 Å². The number of ether oxygens (including phenoxy) is 1. The van der Waals surface area contributed by atoms with E-state index >= 15 is 0 Å². The smallest absolute Gasteiger partial charge is 0.341 e. The first kappa shape index (κ1) is 40.3. The molecule has 1 heterocycles. The topological polar surface area (TPSA) is 278 Å². The van der Waals surface area contributed by atoms with Crippen LogP contribution in [0.3, 0.4) is 0 Å². The molecule has 0 spiro atoms. The molecule has 0 atom stereocenters. The van der Waals surface area contributed by atoms with Crippen LogP contribution < -0.4 is 10.1 Å². The van der Waals surface area contributed by atoms with E-state index in [1.54, 1.807) is 19.6 Å². The quantitative estimate of drug-likeness (QED) is 0.0837. The van der Waals surface area contributed by atoms with Crippen molar-refractivity contribution in [2.45, 2.75) is 6.54 Å². The van der Waals surface area contributed by atoms with Crippen molar-refractivity contribution in [3.8, 4) is 5.75 Å². The van der Waals surface area contributed by atoms with Crippen molar-refractivity contribution in [3.05, 3.63) is 23.8 Å². The van der Waals surface area contributed by atoms with Crippen LogP contribution in [0.1, 0.15) is 5.56 Å². The second-order valence-corrected chi connectivity index (χ2v) is 11.3. The van der Waals surface area contributed by atoms with E-state index in [2.05, 4.69) is 5.32 Å². The fourth-order valence-electron chi connectivity index (χ4n) is 5.04. The van der Waals surface area contributed by atoms with Crippen LogP contribution in [0.4, 0.5) is 5.69 Å². The van der Waals surface area contributed by atoms with Gasteiger partial charge in [-0.25, -0.2) is 4.79 Å². The van der Waals surface area contributed by atoms with Gasteiger partial charge in [-0.3, -0.25) is 53.3 Å². The Labute approximate surface area is 280 Å². The number of carbonyl (C=O) groups excluding carboxylic acids is 1. The summed E-state index contributed by atoms with van der Waals surface area (Å²) in [5.74, 6) is -7.64. The van der Waals surface area contributed by atoms with Gasteiger partial charge in [-0.05, 0) is 18.2 Å². The number of amides is 1. The maximum Gasteiger partial charge on any atom is 0.341 e. The van der Waals surface area contributed by atoms with E-state index in [0.29, 0.717) is 0 Å². The maximum absolute atomic E-state index is 13.2. The predicted octanol–water partition coefficient (Wildman–Crippen LogP) is -2.46. The van der Waals surface area contributed by atoms with E-state index < -0.39 is 61.4 Å². The minimum absolute atomic E-state index is 0.0307. The predicted molar refractivity (Wildman–Crippen MR) is 167 cm³/mol. The highest BCUT2D eigenvalue weighted by Gasteiger charge is 2.22. The van der Waals surface area contributed by atoms with Crippen LogP contribution in [-0.2, 0) is 40.1 Å². The summed E-state index contributed by atoms with van der Waals surface area (Å²) in [5, 5.41) is 58.3. The lowest BCUT2D eigenvalue weighted by atomic mass is 10.1. The first-order valence-corrected chi connectivity index (χ1v) is 15.1. The van der Waals surface area contributed by atoms with Gasteiger partial charge in [0.15, 0.2) is 6.61 Å². The van der Waals surface area contributed by atoms with E-state index in [1.165, 1.54) is 18.2 Å². The third kappa shape index (κ3) is 17.2. The molecule has 1 amide bonds. The van der Waals surface area contributed by atoms with Crippen molar-refractivity contribution < 1.29 is 68.9 Å². The van der Waals surface area contributed by atoms with E-state index in [9.17, 15) is 59.1 Å². The Bertz CT molecular complexity index is 1300. The monoisotopic (exact) mass is 698 g/mol. The summed E-state index contributed by atoms with van der Waals surface area (Å²) in [6.45, 7) is -1.83. The number of anilines is 1. The van der Waals surface area contributed by atoms with Gasteiger partial charge in [0.05, 0.1) is 39.3 Å². The average Bonchev–Trinajstić information content (AvgIpc) is 2.96. The van der Waals surface area contributed by atoms with E-state index in [4.69, 9.17) is 9.84 Å². The molecule has 0 unspecified atom stereocenters. The molecule has 49 heavy (non-hydrogen) atoms. The maximum atomic E-state index is 13.2. The molecular formula is C29H42N6O14. The molecule has 1 aliphatic rings. The zero-order chi connectivity index (χ0) is 36.5. The first-order chi connectivity index (χ1) is 23.1. The first-order valence-electron chi connectivity index (χ1n) is 15.1. The Morgan fingerprint density at radius 2 is 1.00 bits per heavy atom. The van der Waals surface area contributed by atoms with Crippen LogP contribution in [0.5, 0.6) is 5.75 Å². The fraction of sp³-hybridized carbons (Fsp3) is 0.552. The summed E-state index contributed by atoms with van der Waals surface area (Å²) in [7, 11) is 0. The molecule has 272 valence electrons. The number of aliphatic carboxylic acids is 6. The number of rotatable bonds is 18. The SMILES string of the molecule is O=C(O)COc1ccc(NC(=O)CN2CCN(CC(=O)O)CCN(CC(=O)O)CCN(CC(=O)O)CC2)cc1CN(CC(=O)O)CC(=O)O. The molecule has 1 saturated heterocycles. The summed E-state index contributed by atoms with van der Waals surface area (Å²) in [5.41, 5.74) is 0.416. The molecule has 0 aliphatic carbocycles. The van der Waals surface area contributed by atoms with Crippen LogP contribution in [0.25, 0.3) is 0 Å². The van der Waals surface area contributed by atoms with Crippen LogP contribution in [0.15, 0.2) is 18.2 Å². The Morgan fingerprint density at radius 3 is 1.37 bits per heavy atom. The summed E-state index contributed by atoms with van der Waals surface area (Å²) in [6.07, 6.45) is 0. The lowest BCUT2D eigenvalue weighted by molar-refractivity contribution is -0.142. The molecule has 7 N–H and O–H groups in total. The lowest BCUT2D eigenvalue weighted by Gasteiger charge is -2.32. The number of hydrogen-bond acceptors (Lipinski definition) is 13. The lowest BCUT2D eigenvalue weighted by Crippen LogP contribution is -2.49. The highest BCUT2D eigenvalue weighted by atomic mass is 16.5. The van der Waals surface area contributed by atoms with Crippen LogP contribution in [0, 0.1) is 0 Å². The van der Waals surface area contributed by atoms with Crippen molar-refractivity contribution in [2.24, 2.45) is 0 Å². The number of hydrogen-bond donors (Lipinski definition) is 7. The highest BCUT2D eigenvalue weighted by Crippen LogP contribution is 2.25. The number of nitrogens with one attached hydrogen (secondary N) is 1. The Morgan fingerprint density at radius 1 is 0.592 bits per heavy atom. The van der Waals surface area contributed by atoms with Gasteiger partial charge in [0.2, 0.25) is 5.91 Å². The molecule has 0 aromatic heterocycles. The van der Waals surface area contributed by atoms with Gasteiger partial charge >= 0.3 is 35.8 Å². The van der Waals surface area contributed by atoms with Crippen molar-refractivity contribution >= 4 is 47.4 Å². The number of carboxylic acid groups (broad SMARTS) is 6. The largest absolute Gasteiger partial charge is 0.482 e. The van der Waals surface area contributed by atoms with Crippen molar-refractivity contribution in [1.29, 1.82) is 0 Å². The molecule has 0 radical (unpaired) electrons. The molecule has 20 heteroatoms. The molecule has 1 aromatic rings. The highest BCUT2D eigenvalue weighted by molar-refractivity contribution is 5.92. The van der Waals surface area contributed by atoms with E-state index in [0.717, 1.165) is 4.90 Å². The number of nitrogens with zero attached hydrogens (tertiary/aromatic N) is 5. The van der Waals surface area contributed by atoms with Gasteiger partial charge in [-0.2, -0.15) is 0 Å². The summed E-state index contributed by atoms with van der Waals surface area (Å²) in [4.78, 5) is 89.0. The number of carboxylic acids is 6. The molecule has 1 fully saturated rings. The number of benzene rings is 1. The van der Waals surface area contributed by atoms with Crippen molar-refractivity contribution in [3.63, 3.8) is 0 Å². The molecule has 0 bridgehead atoms. The molecule has 20 nitrogen and oxygen atoms in total. The van der Waals surface area contributed by atoms with Gasteiger partial charge in [-0.15, -0.1) is 0 Å². The molecule has 0 saturated carbocycles. The van der Waals surface area contributed by atoms with Gasteiger partial charge in [0, 0.05) is 70.2 Å². The summed E-state index contributed by atoms with van der Waals surface area (Å²) in [6, 6.07) is 4.17. The zero-order valence-electron chi connectivity index (χ0n) is 26.7. The van der Waals surface area contributed by atoms with Gasteiger partial charge < -0.3 is 40.7 Å². The van der Waals surface area contributed by atoms with Gasteiger partial charge in [-0.1, -0.05) is 0 Å². The Balaban J connectivity index is 2.27. The molecule has 2 rings (SSSR count). The van der Waals surface area contributed by atoms with Crippen molar-refractivity contribution in [1.82, 2.24) is 24.5 Å². The molecule has 1 aliphatic heterocycles. The Hall–Kier alpha value is -4.89. The third-order valence-electron chi connectivity index (χ3n) is 7.18. The minimum Gasteiger partial charge on any atom is -0.482 e. The third-order valence-corrected chi connectivity index (χ3v) is 7.18. The fourth-order valence-corrected chi connectivity index (χ4v) is 5.04. The second-order valence-electron chi connectivity index (χ2n) is 11.3. The summed E-state index contributed by atoms with van der Waals surface area (Å²) >= 11 is 0. The van der Waals surface area contributed by atoms with Crippen molar-refractivity contribution in [2.75, 3.05) is 104 Å². The zero-order valence-corrected chi connectivity index (χ0v) is 26.7. The van der Waals surface area contributed by atoms with E-state index in [1.807, 2.05) is 0 Å². The average molecular weight is 699 g/mol. The van der Waals surface area contributed by atoms with Gasteiger partial charge in [0.25, 0.3) is 0 Å². The molecule has 1 aromatic carbocycles. The molecular weight excluding hydrogens is 656 g/mol. The van der Waals surface area contributed by atoms with E-state index in [-0.39, 0.29) is 102 Å². The second kappa shape index (κ2) is 20.5. The number of carbonyl (C=O) groups is 7. The standard InChI is InChI=1S/C29H42N6O14/c36-23(30-21-1-2-22(49-19-29(47)48)20(11-21)12-35(17-27(43)44)18-28(45)46)13-31-3-5-32(14-24(37)38)7-9-34(16-26(41)42)10-8-33(6-4-31)15-25(39)40/h1-2,11H,3-10,12-19H2,(H,30,36)(H,37,38)(H,39,40)(H,41,42)(H,43,44)(H,45,46)(H,47,48). The summed E-state index contributed by atoms with van der Waals surface area (Å²) < 4.78 is 5.29. The Kier molecular flexibility index (Phi) is 16.8. The minimum atomic E-state index is -1.30. The van der Waals surface area contributed by atoms with Crippen LogP contribution >= 0.6 is 0 Å².